The summed E-state index contributed by atoms with van der Waals surface area (Å²) in [6.45, 7) is 10.4. The highest BCUT2D eigenvalue weighted by molar-refractivity contribution is 4.83. The summed E-state index contributed by atoms with van der Waals surface area (Å²) in [6, 6.07) is 1.45. The van der Waals surface area contributed by atoms with Crippen LogP contribution in [0, 0.1) is 5.92 Å². The third-order valence-corrected chi connectivity index (χ3v) is 4.12. The smallest absolute Gasteiger partial charge is 0.0541 e. The van der Waals surface area contributed by atoms with Crippen molar-refractivity contribution in [2.45, 2.75) is 84.4 Å². The third kappa shape index (κ3) is 4.59. The van der Waals surface area contributed by atoms with E-state index in [9.17, 15) is 5.11 Å². The van der Waals surface area contributed by atoms with Crippen LogP contribution in [0.15, 0.2) is 0 Å². The maximum absolute atomic E-state index is 9.63. The zero-order valence-corrected chi connectivity index (χ0v) is 12.2. The van der Waals surface area contributed by atoms with Gasteiger partial charge in [0.15, 0.2) is 0 Å². The van der Waals surface area contributed by atoms with Crippen molar-refractivity contribution in [1.82, 2.24) is 4.90 Å². The van der Waals surface area contributed by atoms with E-state index >= 15 is 0 Å². The molecule has 0 bridgehead atoms. The molecular weight excluding hydrogens is 210 g/mol. The predicted octanol–water partition coefficient (Wildman–Crippen LogP) is 3.44. The first-order valence-corrected chi connectivity index (χ1v) is 7.52. The van der Waals surface area contributed by atoms with Crippen molar-refractivity contribution in [3.63, 3.8) is 0 Å². The fourth-order valence-corrected chi connectivity index (χ4v) is 3.17. The van der Waals surface area contributed by atoms with Crippen molar-refractivity contribution in [2.24, 2.45) is 5.92 Å². The van der Waals surface area contributed by atoms with E-state index in [-0.39, 0.29) is 6.10 Å². The van der Waals surface area contributed by atoms with Gasteiger partial charge in [0.1, 0.15) is 0 Å². The van der Waals surface area contributed by atoms with Crippen molar-refractivity contribution >= 4 is 0 Å². The molecule has 0 unspecified atom stereocenters. The van der Waals surface area contributed by atoms with Crippen LogP contribution < -0.4 is 0 Å². The molecule has 1 aliphatic carbocycles. The lowest BCUT2D eigenvalue weighted by molar-refractivity contribution is 0.0423. The van der Waals surface area contributed by atoms with Gasteiger partial charge in [-0.05, 0) is 44.4 Å². The van der Waals surface area contributed by atoms with E-state index in [1.807, 2.05) is 0 Å². The summed E-state index contributed by atoms with van der Waals surface area (Å²) < 4.78 is 0. The van der Waals surface area contributed by atoms with E-state index in [4.69, 9.17) is 0 Å². The lowest BCUT2D eigenvalue weighted by Gasteiger charge is -2.41. The quantitative estimate of drug-likeness (QED) is 0.770. The molecule has 2 nitrogen and oxygen atoms in total. The number of hydrogen-bond acceptors (Lipinski definition) is 2. The molecule has 0 aromatic carbocycles. The molecule has 0 saturated heterocycles. The summed E-state index contributed by atoms with van der Waals surface area (Å²) >= 11 is 0. The van der Waals surface area contributed by atoms with Crippen LogP contribution in [-0.2, 0) is 0 Å². The molecule has 1 N–H and O–H groups in total. The molecule has 1 rings (SSSR count). The molecule has 1 aliphatic rings. The third-order valence-electron chi connectivity index (χ3n) is 4.12. The predicted molar refractivity (Wildman–Crippen MR) is 74.2 cm³/mol. The van der Waals surface area contributed by atoms with Gasteiger partial charge in [-0.25, -0.2) is 0 Å². The van der Waals surface area contributed by atoms with Crippen LogP contribution in [0.1, 0.15) is 66.2 Å². The molecule has 0 aliphatic heterocycles. The summed E-state index contributed by atoms with van der Waals surface area (Å²) in [5.74, 6) is 0.738. The summed E-state index contributed by atoms with van der Waals surface area (Å²) in [5, 5.41) is 9.63. The molecule has 102 valence electrons. The fraction of sp³-hybridized carbons (Fsp3) is 1.00. The molecule has 1 fully saturated rings. The number of aliphatic hydroxyl groups excluding tert-OH is 1. The summed E-state index contributed by atoms with van der Waals surface area (Å²) in [4.78, 5) is 2.73. The van der Waals surface area contributed by atoms with Crippen LogP contribution in [0.5, 0.6) is 0 Å². The van der Waals surface area contributed by atoms with Crippen molar-refractivity contribution in [3.8, 4) is 0 Å². The number of rotatable bonds is 6. The molecule has 2 heteroatoms. The van der Waals surface area contributed by atoms with Gasteiger partial charge < -0.3 is 5.11 Å². The molecule has 17 heavy (non-hydrogen) atoms. The average Bonchev–Trinajstić information content (AvgIpc) is 2.30. The Hall–Kier alpha value is -0.0800. The Kier molecular flexibility index (Phi) is 6.50. The van der Waals surface area contributed by atoms with Crippen molar-refractivity contribution in [3.05, 3.63) is 0 Å². The summed E-state index contributed by atoms with van der Waals surface area (Å²) in [6.07, 6.45) is 6.84. The zero-order chi connectivity index (χ0) is 12.8. The summed E-state index contributed by atoms with van der Waals surface area (Å²) in [5.41, 5.74) is 0. The lowest BCUT2D eigenvalue weighted by Crippen LogP contribution is -2.46. The Morgan fingerprint density at radius 2 is 1.59 bits per heavy atom. The van der Waals surface area contributed by atoms with Crippen molar-refractivity contribution in [1.29, 1.82) is 0 Å². The van der Waals surface area contributed by atoms with Crippen LogP contribution >= 0.6 is 0 Å². The average molecular weight is 241 g/mol. The van der Waals surface area contributed by atoms with Gasteiger partial charge in [0, 0.05) is 18.6 Å². The Balaban J connectivity index is 2.61. The maximum Gasteiger partial charge on any atom is 0.0541 e. The van der Waals surface area contributed by atoms with E-state index in [0.717, 1.165) is 24.8 Å². The lowest BCUT2D eigenvalue weighted by atomic mass is 9.90. The Morgan fingerprint density at radius 3 is 2.00 bits per heavy atom. The van der Waals surface area contributed by atoms with E-state index in [1.54, 1.807) is 0 Å². The van der Waals surface area contributed by atoms with Gasteiger partial charge in [-0.3, -0.25) is 4.90 Å². The molecule has 0 aromatic rings. The summed E-state index contributed by atoms with van der Waals surface area (Å²) in [7, 11) is 0. The largest absolute Gasteiger partial charge is 0.393 e. The highest BCUT2D eigenvalue weighted by Crippen LogP contribution is 2.27. The van der Waals surface area contributed by atoms with Gasteiger partial charge in [0.2, 0.25) is 0 Å². The monoisotopic (exact) mass is 241 g/mol. The second kappa shape index (κ2) is 7.38. The second-order valence-corrected chi connectivity index (χ2v) is 6.02. The van der Waals surface area contributed by atoms with E-state index in [2.05, 4.69) is 32.6 Å². The van der Waals surface area contributed by atoms with Crippen LogP contribution in [-0.4, -0.2) is 34.7 Å². The molecule has 0 spiro atoms. The van der Waals surface area contributed by atoms with Crippen LogP contribution in [0.25, 0.3) is 0 Å². The fourth-order valence-electron chi connectivity index (χ4n) is 3.17. The van der Waals surface area contributed by atoms with Gasteiger partial charge in [0.05, 0.1) is 6.10 Å². The first-order valence-electron chi connectivity index (χ1n) is 7.52. The highest BCUT2D eigenvalue weighted by Gasteiger charge is 2.28. The normalized spacial score (nSPS) is 26.1. The number of hydrogen-bond donors (Lipinski definition) is 1. The van der Waals surface area contributed by atoms with Gasteiger partial charge in [0.25, 0.3) is 0 Å². The molecule has 0 radical (unpaired) electrons. The Morgan fingerprint density at radius 1 is 1.06 bits per heavy atom. The zero-order valence-electron chi connectivity index (χ0n) is 12.2. The Bertz CT molecular complexity index is 193. The molecule has 0 aromatic heterocycles. The Labute approximate surface area is 107 Å². The molecule has 0 heterocycles. The van der Waals surface area contributed by atoms with Crippen molar-refractivity contribution in [2.75, 3.05) is 6.54 Å². The van der Waals surface area contributed by atoms with Gasteiger partial charge >= 0.3 is 0 Å². The first-order chi connectivity index (χ1) is 8.08. The number of aliphatic hydroxyl groups is 1. The van der Waals surface area contributed by atoms with E-state index in [0.29, 0.717) is 6.04 Å². The molecule has 1 saturated carbocycles. The second-order valence-electron chi connectivity index (χ2n) is 6.02. The van der Waals surface area contributed by atoms with Crippen LogP contribution in [0.3, 0.4) is 0 Å². The topological polar surface area (TPSA) is 23.5 Å². The van der Waals surface area contributed by atoms with Gasteiger partial charge in [-0.15, -0.1) is 0 Å². The standard InChI is InChI=1S/C15H31NO/c1-5-13(6-2)16(11-12(3)4)14-7-9-15(17)10-8-14/h12-15,17H,5-11H2,1-4H3. The van der Waals surface area contributed by atoms with Gasteiger partial charge in [-0.2, -0.15) is 0 Å². The van der Waals surface area contributed by atoms with Crippen molar-refractivity contribution < 1.29 is 5.11 Å². The first kappa shape index (κ1) is 15.0. The van der Waals surface area contributed by atoms with E-state index in [1.165, 1.54) is 32.2 Å². The SMILES string of the molecule is CCC(CC)N(CC(C)C)C1CCC(O)CC1. The molecule has 0 amide bonds. The number of nitrogens with zero attached hydrogens (tertiary/aromatic N) is 1. The van der Waals surface area contributed by atoms with Crippen LogP contribution in [0.4, 0.5) is 0 Å². The molecule has 0 atom stereocenters. The molecular formula is C15H31NO. The minimum atomic E-state index is -0.0335. The highest BCUT2D eigenvalue weighted by atomic mass is 16.3. The van der Waals surface area contributed by atoms with Gasteiger partial charge in [-0.1, -0.05) is 27.7 Å². The van der Waals surface area contributed by atoms with E-state index < -0.39 is 0 Å². The maximum atomic E-state index is 9.63. The minimum Gasteiger partial charge on any atom is -0.393 e. The minimum absolute atomic E-state index is 0.0335. The van der Waals surface area contributed by atoms with Crippen LogP contribution in [0.2, 0.25) is 0 Å².